The number of halogens is 2. The molecule has 0 spiro atoms. The Morgan fingerprint density at radius 3 is 3.00 bits per heavy atom. The first kappa shape index (κ1) is 11.6. The number of carbonyl (C=O) groups is 1. The van der Waals surface area contributed by atoms with E-state index in [1.54, 1.807) is 0 Å². The summed E-state index contributed by atoms with van der Waals surface area (Å²) in [4.78, 5) is 11.3. The molecule has 0 aromatic carbocycles. The molecule has 1 aliphatic heterocycles. The fraction of sp³-hybridized carbons (Fsp3) is 0.444. The zero-order valence-corrected chi connectivity index (χ0v) is 8.30. The maximum absolute atomic E-state index is 12.6. The van der Waals surface area contributed by atoms with Crippen molar-refractivity contribution in [1.29, 1.82) is 0 Å². The minimum Gasteiger partial charge on any atom is -0.458 e. The van der Waals surface area contributed by atoms with Crippen molar-refractivity contribution in [3.63, 3.8) is 0 Å². The largest absolute Gasteiger partial charge is 0.458 e. The SMILES string of the molecule is C=CCOC(=O)C1=C(C(F)F)N(C)NC1. The van der Waals surface area contributed by atoms with Crippen LogP contribution in [-0.4, -0.2) is 37.6 Å². The summed E-state index contributed by atoms with van der Waals surface area (Å²) in [5.74, 6) is -0.734. The summed E-state index contributed by atoms with van der Waals surface area (Å²) in [6.07, 6.45) is -1.32. The van der Waals surface area contributed by atoms with E-state index >= 15 is 0 Å². The van der Waals surface area contributed by atoms with E-state index in [0.717, 1.165) is 5.01 Å². The van der Waals surface area contributed by atoms with Crippen LogP contribution < -0.4 is 5.43 Å². The second-order valence-corrected chi connectivity index (χ2v) is 2.95. The molecule has 0 aliphatic carbocycles. The molecule has 0 atom stereocenters. The second kappa shape index (κ2) is 4.88. The molecule has 6 heteroatoms. The van der Waals surface area contributed by atoms with Crippen molar-refractivity contribution >= 4 is 5.97 Å². The first-order valence-electron chi connectivity index (χ1n) is 4.34. The molecule has 0 unspecified atom stereocenters. The zero-order valence-electron chi connectivity index (χ0n) is 8.30. The first-order valence-corrected chi connectivity index (χ1v) is 4.34. The van der Waals surface area contributed by atoms with Gasteiger partial charge in [0, 0.05) is 13.6 Å². The fourth-order valence-corrected chi connectivity index (χ4v) is 1.25. The predicted octanol–water partition coefficient (Wildman–Crippen LogP) is 0.685. The van der Waals surface area contributed by atoms with Crippen LogP contribution in [-0.2, 0) is 9.53 Å². The summed E-state index contributed by atoms with van der Waals surface area (Å²) in [7, 11) is 1.43. The van der Waals surface area contributed by atoms with E-state index in [2.05, 4.69) is 16.7 Å². The van der Waals surface area contributed by atoms with Crippen LogP contribution in [0.15, 0.2) is 23.9 Å². The van der Waals surface area contributed by atoms with Crippen molar-refractivity contribution in [3.8, 4) is 0 Å². The van der Waals surface area contributed by atoms with E-state index in [1.807, 2.05) is 0 Å². The molecule has 0 radical (unpaired) electrons. The quantitative estimate of drug-likeness (QED) is 0.556. The van der Waals surface area contributed by atoms with Gasteiger partial charge in [0.05, 0.1) is 5.57 Å². The lowest BCUT2D eigenvalue weighted by Gasteiger charge is -2.14. The second-order valence-electron chi connectivity index (χ2n) is 2.95. The highest BCUT2D eigenvalue weighted by Crippen LogP contribution is 2.21. The van der Waals surface area contributed by atoms with Crippen LogP contribution in [0.25, 0.3) is 0 Å². The third-order valence-corrected chi connectivity index (χ3v) is 1.95. The van der Waals surface area contributed by atoms with E-state index in [9.17, 15) is 13.6 Å². The molecular formula is C9H12F2N2O2. The van der Waals surface area contributed by atoms with Gasteiger partial charge in [-0.1, -0.05) is 12.7 Å². The molecule has 1 N–H and O–H groups in total. The van der Waals surface area contributed by atoms with Crippen LogP contribution in [0, 0.1) is 0 Å². The Bertz CT molecular complexity index is 302. The van der Waals surface area contributed by atoms with Crippen molar-refractivity contribution in [1.82, 2.24) is 10.4 Å². The van der Waals surface area contributed by atoms with Gasteiger partial charge in [-0.3, -0.25) is 0 Å². The lowest BCUT2D eigenvalue weighted by molar-refractivity contribution is -0.137. The minimum absolute atomic E-state index is 0.0164. The molecule has 0 saturated heterocycles. The van der Waals surface area contributed by atoms with Crippen molar-refractivity contribution < 1.29 is 18.3 Å². The van der Waals surface area contributed by atoms with Gasteiger partial charge in [-0.2, -0.15) is 0 Å². The number of hydrogen-bond donors (Lipinski definition) is 1. The van der Waals surface area contributed by atoms with Gasteiger partial charge >= 0.3 is 5.97 Å². The molecule has 15 heavy (non-hydrogen) atoms. The van der Waals surface area contributed by atoms with Crippen LogP contribution in [0.4, 0.5) is 8.78 Å². The minimum atomic E-state index is -2.70. The number of nitrogens with one attached hydrogen (secondary N) is 1. The van der Waals surface area contributed by atoms with E-state index in [1.165, 1.54) is 13.1 Å². The van der Waals surface area contributed by atoms with E-state index in [4.69, 9.17) is 0 Å². The van der Waals surface area contributed by atoms with Crippen molar-refractivity contribution in [2.75, 3.05) is 20.2 Å². The Balaban J connectivity index is 2.81. The maximum Gasteiger partial charge on any atom is 0.337 e. The van der Waals surface area contributed by atoms with E-state index in [-0.39, 0.29) is 24.4 Å². The molecule has 1 aliphatic rings. The van der Waals surface area contributed by atoms with Gasteiger partial charge in [-0.25, -0.2) is 19.0 Å². The summed E-state index contributed by atoms with van der Waals surface area (Å²) in [5.41, 5.74) is 2.25. The van der Waals surface area contributed by atoms with Crippen molar-refractivity contribution in [3.05, 3.63) is 23.9 Å². The molecule has 84 valence electrons. The third-order valence-electron chi connectivity index (χ3n) is 1.95. The number of nitrogens with zero attached hydrogens (tertiary/aromatic N) is 1. The smallest absolute Gasteiger partial charge is 0.337 e. The molecule has 4 nitrogen and oxygen atoms in total. The monoisotopic (exact) mass is 218 g/mol. The highest BCUT2D eigenvalue weighted by atomic mass is 19.3. The highest BCUT2D eigenvalue weighted by molar-refractivity contribution is 5.90. The maximum atomic E-state index is 12.6. The van der Waals surface area contributed by atoms with Crippen LogP contribution in [0.3, 0.4) is 0 Å². The molecular weight excluding hydrogens is 206 g/mol. The number of hydrazine groups is 1. The van der Waals surface area contributed by atoms with Gasteiger partial charge in [0.1, 0.15) is 12.3 Å². The molecule has 0 amide bonds. The fourth-order valence-electron chi connectivity index (χ4n) is 1.25. The average Bonchev–Trinajstić information content (AvgIpc) is 2.56. The molecule has 1 heterocycles. The Kier molecular flexibility index (Phi) is 3.79. The normalized spacial score (nSPS) is 16.1. The standard InChI is InChI=1S/C9H12F2N2O2/c1-3-4-15-9(14)6-5-12-13(2)7(6)8(10)11/h3,8,12H,1,4-5H2,2H3. The Labute approximate surface area is 86.2 Å². The van der Waals surface area contributed by atoms with Gasteiger partial charge < -0.3 is 9.75 Å². The van der Waals surface area contributed by atoms with Crippen LogP contribution >= 0.6 is 0 Å². The third kappa shape index (κ3) is 2.53. The lowest BCUT2D eigenvalue weighted by Crippen LogP contribution is -2.29. The molecule has 0 bridgehead atoms. The summed E-state index contributed by atoms with van der Waals surface area (Å²) in [6.45, 7) is 3.44. The number of rotatable bonds is 4. The van der Waals surface area contributed by atoms with Gasteiger partial charge in [0.2, 0.25) is 0 Å². The molecule has 0 fully saturated rings. The molecule has 0 aromatic rings. The number of carbonyl (C=O) groups excluding carboxylic acids is 1. The number of alkyl halides is 2. The van der Waals surface area contributed by atoms with Crippen LogP contribution in [0.1, 0.15) is 0 Å². The van der Waals surface area contributed by atoms with Gasteiger partial charge in [0.25, 0.3) is 6.43 Å². The first-order chi connectivity index (χ1) is 7.07. The number of hydrogen-bond acceptors (Lipinski definition) is 4. The predicted molar refractivity (Wildman–Crippen MR) is 50.0 cm³/mol. The Morgan fingerprint density at radius 1 is 1.80 bits per heavy atom. The highest BCUT2D eigenvalue weighted by Gasteiger charge is 2.31. The lowest BCUT2D eigenvalue weighted by atomic mass is 10.2. The number of esters is 1. The summed E-state index contributed by atoms with van der Waals surface area (Å²) < 4.78 is 29.8. The average molecular weight is 218 g/mol. The summed E-state index contributed by atoms with van der Waals surface area (Å²) >= 11 is 0. The van der Waals surface area contributed by atoms with E-state index in [0.29, 0.717) is 0 Å². The Hall–Kier alpha value is -1.43. The molecule has 1 rings (SSSR count). The van der Waals surface area contributed by atoms with Gasteiger partial charge in [0.15, 0.2) is 0 Å². The van der Waals surface area contributed by atoms with Crippen molar-refractivity contribution in [2.24, 2.45) is 0 Å². The van der Waals surface area contributed by atoms with Gasteiger partial charge in [-0.05, 0) is 0 Å². The topological polar surface area (TPSA) is 41.6 Å². The van der Waals surface area contributed by atoms with Gasteiger partial charge in [-0.15, -0.1) is 0 Å². The van der Waals surface area contributed by atoms with Crippen LogP contribution in [0.2, 0.25) is 0 Å². The summed E-state index contributed by atoms with van der Waals surface area (Å²) in [5, 5.41) is 1.13. The van der Waals surface area contributed by atoms with Crippen molar-refractivity contribution in [2.45, 2.75) is 6.43 Å². The number of ether oxygens (including phenoxy) is 1. The van der Waals surface area contributed by atoms with Crippen LogP contribution in [0.5, 0.6) is 0 Å². The number of allylic oxidation sites excluding steroid dienone is 1. The zero-order chi connectivity index (χ0) is 11.4. The summed E-state index contributed by atoms with van der Waals surface area (Å²) in [6, 6.07) is 0. The Morgan fingerprint density at radius 2 is 2.47 bits per heavy atom. The van der Waals surface area contributed by atoms with E-state index < -0.39 is 12.4 Å². The molecule has 0 saturated carbocycles. The molecule has 0 aromatic heterocycles.